The van der Waals surface area contributed by atoms with Crippen molar-refractivity contribution in [2.24, 2.45) is 0 Å². The van der Waals surface area contributed by atoms with Gasteiger partial charge in [-0.3, -0.25) is 0 Å². The van der Waals surface area contributed by atoms with Crippen LogP contribution in [-0.4, -0.2) is 74.9 Å². The number of hydrogen-bond acceptors (Lipinski definition) is 9. The number of carbonyl (C=O) groups is 3. The van der Waals surface area contributed by atoms with Crippen molar-refractivity contribution >= 4 is 39.5 Å². The number of rotatable bonds is 21. The molecule has 0 saturated heterocycles. The van der Waals surface area contributed by atoms with E-state index in [4.69, 9.17) is 28.4 Å². The highest BCUT2D eigenvalue weighted by atomic mass is 16.6. The third-order valence-corrected chi connectivity index (χ3v) is 6.79. The van der Waals surface area contributed by atoms with Crippen molar-refractivity contribution < 1.29 is 47.9 Å². The molecule has 3 aromatic carbocycles. The third kappa shape index (κ3) is 10.3. The summed E-state index contributed by atoms with van der Waals surface area (Å²) < 4.78 is 35.0. The van der Waals surface area contributed by atoms with Crippen LogP contribution in [0.2, 0.25) is 0 Å². The summed E-state index contributed by atoms with van der Waals surface area (Å²) in [5, 5.41) is 12.2. The van der Waals surface area contributed by atoms with Gasteiger partial charge in [0.05, 0.1) is 18.8 Å². The first kappa shape index (κ1) is 35.1. The molecule has 10 heteroatoms. The highest BCUT2D eigenvalue weighted by Gasteiger charge is 2.22. The fraction of sp³-hybridized carbons (Fsp3) is 0.400. The Morgan fingerprint density at radius 2 is 1.18 bits per heavy atom. The van der Waals surface area contributed by atoms with Gasteiger partial charge in [-0.2, -0.15) is 0 Å². The molecule has 3 aromatic rings. The van der Waals surface area contributed by atoms with Gasteiger partial charge in [-0.15, -0.1) is 0 Å². The van der Waals surface area contributed by atoms with Crippen molar-refractivity contribution in [3.63, 3.8) is 0 Å². The molecule has 0 spiro atoms. The Bertz CT molecular complexity index is 1460. The van der Waals surface area contributed by atoms with Gasteiger partial charge in [0.15, 0.2) is 12.2 Å². The highest BCUT2D eigenvalue weighted by molar-refractivity contribution is 6.12. The summed E-state index contributed by atoms with van der Waals surface area (Å²) >= 11 is 0. The van der Waals surface area contributed by atoms with Gasteiger partial charge in [0.25, 0.3) is 0 Å². The van der Waals surface area contributed by atoms with E-state index in [1.807, 2.05) is 31.2 Å². The van der Waals surface area contributed by atoms with Crippen LogP contribution in [0.1, 0.15) is 49.9 Å². The van der Waals surface area contributed by atoms with Gasteiger partial charge >= 0.3 is 17.9 Å². The molecule has 0 fully saturated rings. The minimum atomic E-state index is -1.11. The maximum atomic E-state index is 12.0. The van der Waals surface area contributed by atoms with Gasteiger partial charge < -0.3 is 33.5 Å². The Labute approximate surface area is 263 Å². The molecule has 242 valence electrons. The predicted octanol–water partition coefficient (Wildman–Crippen LogP) is 6.28. The SMILES string of the molecule is C=CC(=O)OC(COCCCC)COc1c2ccccc2c(OCC(COCCCC)OC(=O)C=C)c2cc(C(=O)O)ccc12. The van der Waals surface area contributed by atoms with E-state index >= 15 is 0 Å². The van der Waals surface area contributed by atoms with Crippen LogP contribution in [0.4, 0.5) is 0 Å². The summed E-state index contributed by atoms with van der Waals surface area (Å²) in [5.41, 5.74) is 0.0493. The second kappa shape index (κ2) is 18.4. The molecule has 2 unspecified atom stereocenters. The lowest BCUT2D eigenvalue weighted by Crippen LogP contribution is -2.30. The first-order valence-electron chi connectivity index (χ1n) is 15.1. The van der Waals surface area contributed by atoms with Crippen LogP contribution < -0.4 is 9.47 Å². The van der Waals surface area contributed by atoms with Crippen LogP contribution in [0.15, 0.2) is 67.8 Å². The normalized spacial score (nSPS) is 12.3. The van der Waals surface area contributed by atoms with Crippen molar-refractivity contribution in [3.8, 4) is 11.5 Å². The molecule has 0 radical (unpaired) electrons. The van der Waals surface area contributed by atoms with E-state index in [0.717, 1.165) is 37.8 Å². The van der Waals surface area contributed by atoms with Crippen molar-refractivity contribution in [1.29, 1.82) is 0 Å². The smallest absolute Gasteiger partial charge is 0.335 e. The Hall–Kier alpha value is -4.41. The van der Waals surface area contributed by atoms with Gasteiger partial charge in [0.2, 0.25) is 0 Å². The van der Waals surface area contributed by atoms with E-state index in [2.05, 4.69) is 20.1 Å². The minimum Gasteiger partial charge on any atom is -0.488 e. The molecule has 45 heavy (non-hydrogen) atoms. The number of unbranched alkanes of at least 4 members (excludes halogenated alkanes) is 2. The average molecular weight is 623 g/mol. The Morgan fingerprint density at radius 1 is 0.711 bits per heavy atom. The van der Waals surface area contributed by atoms with E-state index in [1.165, 1.54) is 12.1 Å². The van der Waals surface area contributed by atoms with Crippen LogP contribution in [0, 0.1) is 0 Å². The van der Waals surface area contributed by atoms with Gasteiger partial charge in [-0.05, 0) is 31.0 Å². The van der Waals surface area contributed by atoms with Crippen LogP contribution in [-0.2, 0) is 28.5 Å². The standard InChI is InChI=1S/C35H42O10/c1-5-9-17-40-20-25(44-31(36)7-3)22-42-33-27-13-11-12-14-28(27)34(30-19-24(35(38)39)15-16-29(30)33)43-23-26(45-32(37)8-4)21-41-18-10-6-2/h7-8,11-16,19,25-26H,3-6,9-10,17-18,20-23H2,1-2H3,(H,38,39). The lowest BCUT2D eigenvalue weighted by molar-refractivity contribution is -0.148. The number of carbonyl (C=O) groups excluding carboxylic acids is 2. The number of fused-ring (bicyclic) bond motifs is 2. The van der Waals surface area contributed by atoms with Crippen LogP contribution in [0.5, 0.6) is 11.5 Å². The van der Waals surface area contributed by atoms with E-state index in [0.29, 0.717) is 46.3 Å². The summed E-state index contributed by atoms with van der Waals surface area (Å²) in [4.78, 5) is 36.0. The summed E-state index contributed by atoms with van der Waals surface area (Å²) in [6.45, 7) is 12.2. The summed E-state index contributed by atoms with van der Waals surface area (Å²) in [5.74, 6) is -1.48. The average Bonchev–Trinajstić information content (AvgIpc) is 3.05. The van der Waals surface area contributed by atoms with Gasteiger partial charge in [0, 0.05) is 46.9 Å². The third-order valence-electron chi connectivity index (χ3n) is 6.79. The number of carboxylic acid groups (broad SMARTS) is 1. The fourth-order valence-corrected chi connectivity index (χ4v) is 4.48. The van der Waals surface area contributed by atoms with Crippen molar-refractivity contribution in [3.05, 3.63) is 73.3 Å². The lowest BCUT2D eigenvalue weighted by atomic mass is 9.98. The molecular weight excluding hydrogens is 580 g/mol. The van der Waals surface area contributed by atoms with Crippen molar-refractivity contribution in [1.82, 2.24) is 0 Å². The van der Waals surface area contributed by atoms with Crippen LogP contribution in [0.3, 0.4) is 0 Å². The van der Waals surface area contributed by atoms with Gasteiger partial charge in [-0.1, -0.05) is 64.1 Å². The first-order chi connectivity index (χ1) is 21.8. The van der Waals surface area contributed by atoms with Crippen molar-refractivity contribution in [2.45, 2.75) is 51.7 Å². The minimum absolute atomic E-state index is 0.0274. The molecular formula is C35H42O10. The van der Waals surface area contributed by atoms with E-state index < -0.39 is 30.1 Å². The molecule has 0 aliphatic rings. The maximum absolute atomic E-state index is 12.0. The molecule has 0 aliphatic heterocycles. The summed E-state index contributed by atoms with van der Waals surface area (Å²) in [6, 6.07) is 12.0. The van der Waals surface area contributed by atoms with Crippen LogP contribution in [0.25, 0.3) is 21.5 Å². The Kier molecular flexibility index (Phi) is 14.3. The van der Waals surface area contributed by atoms with Gasteiger partial charge in [-0.25, -0.2) is 14.4 Å². The molecule has 0 aliphatic carbocycles. The predicted molar refractivity (Wildman–Crippen MR) is 171 cm³/mol. The zero-order chi connectivity index (χ0) is 32.6. The van der Waals surface area contributed by atoms with Crippen molar-refractivity contribution in [2.75, 3.05) is 39.6 Å². The number of benzene rings is 3. The molecule has 0 aromatic heterocycles. The molecule has 1 N–H and O–H groups in total. The molecule has 10 nitrogen and oxygen atoms in total. The number of hydrogen-bond donors (Lipinski definition) is 1. The summed E-state index contributed by atoms with van der Waals surface area (Å²) in [6.07, 6.45) is 4.33. The topological polar surface area (TPSA) is 127 Å². The first-order valence-corrected chi connectivity index (χ1v) is 15.1. The van der Waals surface area contributed by atoms with E-state index in [1.54, 1.807) is 6.07 Å². The fourth-order valence-electron chi connectivity index (χ4n) is 4.48. The Morgan fingerprint density at radius 3 is 1.62 bits per heavy atom. The second-order valence-corrected chi connectivity index (χ2v) is 10.3. The maximum Gasteiger partial charge on any atom is 0.335 e. The molecule has 0 amide bonds. The van der Waals surface area contributed by atoms with E-state index in [-0.39, 0.29) is 32.0 Å². The second-order valence-electron chi connectivity index (χ2n) is 10.3. The molecule has 0 heterocycles. The zero-order valence-corrected chi connectivity index (χ0v) is 26.0. The molecule has 0 bridgehead atoms. The quantitative estimate of drug-likeness (QED) is 0.0628. The van der Waals surface area contributed by atoms with Crippen LogP contribution >= 0.6 is 0 Å². The number of esters is 2. The largest absolute Gasteiger partial charge is 0.488 e. The molecule has 0 saturated carbocycles. The number of aromatic carboxylic acids is 1. The molecule has 2 atom stereocenters. The summed E-state index contributed by atoms with van der Waals surface area (Å²) in [7, 11) is 0. The van der Waals surface area contributed by atoms with E-state index in [9.17, 15) is 19.5 Å². The molecule has 3 rings (SSSR count). The lowest BCUT2D eigenvalue weighted by Gasteiger charge is -2.23. The monoisotopic (exact) mass is 622 g/mol. The van der Waals surface area contributed by atoms with Gasteiger partial charge in [0.1, 0.15) is 24.7 Å². The zero-order valence-electron chi connectivity index (χ0n) is 26.0. The number of ether oxygens (including phenoxy) is 6. The highest BCUT2D eigenvalue weighted by Crippen LogP contribution is 2.43. The Balaban J connectivity index is 2.02. The number of carboxylic acids is 1.